The summed E-state index contributed by atoms with van der Waals surface area (Å²) in [6.45, 7) is 4.90. The largest absolute Gasteiger partial charge is 0.491 e. The first-order chi connectivity index (χ1) is 14.0. The van der Waals surface area contributed by atoms with Crippen LogP contribution in [0.5, 0.6) is 5.75 Å². The number of esters is 1. The van der Waals surface area contributed by atoms with Gasteiger partial charge in [-0.3, -0.25) is 0 Å². The number of benzene rings is 2. The van der Waals surface area contributed by atoms with Crippen molar-refractivity contribution < 1.29 is 28.1 Å². The summed E-state index contributed by atoms with van der Waals surface area (Å²) in [6, 6.07) is 12.5. The minimum Gasteiger partial charge on any atom is -0.491 e. The van der Waals surface area contributed by atoms with Crippen molar-refractivity contribution in [3.63, 3.8) is 0 Å². The third kappa shape index (κ3) is 7.33. The molecule has 2 aromatic rings. The van der Waals surface area contributed by atoms with E-state index in [0.717, 1.165) is 17.5 Å². The van der Waals surface area contributed by atoms with Crippen molar-refractivity contribution in [1.29, 1.82) is 0 Å². The van der Waals surface area contributed by atoms with Crippen LogP contribution in [0.15, 0.2) is 54.6 Å². The smallest absolute Gasteiger partial charge is 0.335 e. The van der Waals surface area contributed by atoms with Crippen LogP contribution in [0.4, 0.5) is 4.39 Å². The van der Waals surface area contributed by atoms with Crippen molar-refractivity contribution >= 4 is 5.97 Å². The fraction of sp³-hybridized carbons (Fsp3) is 0.348. The van der Waals surface area contributed by atoms with Crippen LogP contribution in [0, 0.1) is 5.82 Å². The molecule has 0 radical (unpaired) electrons. The second-order valence-corrected chi connectivity index (χ2v) is 6.46. The van der Waals surface area contributed by atoms with Gasteiger partial charge in [0.1, 0.15) is 18.2 Å². The molecule has 6 heteroatoms. The Balaban J connectivity index is 1.85. The van der Waals surface area contributed by atoms with Gasteiger partial charge in [0.15, 0.2) is 0 Å². The van der Waals surface area contributed by atoms with Gasteiger partial charge in [0.2, 0.25) is 0 Å². The van der Waals surface area contributed by atoms with Gasteiger partial charge in [-0.05, 0) is 36.1 Å². The van der Waals surface area contributed by atoms with E-state index in [4.69, 9.17) is 18.9 Å². The summed E-state index contributed by atoms with van der Waals surface area (Å²) < 4.78 is 34.7. The standard InChI is InChI=1S/C23H27FO5/c1-17(16-27-3)23(25)29-12-4-5-18-6-8-19(9-7-18)21-11-10-20(15-22(21)24)28-14-13-26-2/h6-11,15H,1,4-5,12-14,16H2,2-3H3. The van der Waals surface area contributed by atoms with E-state index < -0.39 is 5.97 Å². The van der Waals surface area contributed by atoms with Gasteiger partial charge in [-0.25, -0.2) is 9.18 Å². The van der Waals surface area contributed by atoms with E-state index in [9.17, 15) is 9.18 Å². The third-order valence-corrected chi connectivity index (χ3v) is 4.21. The van der Waals surface area contributed by atoms with Crippen molar-refractivity contribution in [2.24, 2.45) is 0 Å². The highest BCUT2D eigenvalue weighted by Gasteiger charge is 2.09. The highest BCUT2D eigenvalue weighted by atomic mass is 19.1. The Morgan fingerprint density at radius 2 is 1.76 bits per heavy atom. The summed E-state index contributed by atoms with van der Waals surface area (Å²) in [5.74, 6) is -0.300. The van der Waals surface area contributed by atoms with Crippen LogP contribution in [0.1, 0.15) is 12.0 Å². The monoisotopic (exact) mass is 402 g/mol. The first-order valence-corrected chi connectivity index (χ1v) is 9.39. The molecule has 5 nitrogen and oxygen atoms in total. The molecule has 0 aliphatic rings. The summed E-state index contributed by atoms with van der Waals surface area (Å²) in [7, 11) is 3.09. The lowest BCUT2D eigenvalue weighted by atomic mass is 10.0. The summed E-state index contributed by atoms with van der Waals surface area (Å²) >= 11 is 0. The lowest BCUT2D eigenvalue weighted by Gasteiger charge is -2.09. The van der Waals surface area contributed by atoms with Crippen LogP contribution in [-0.2, 0) is 25.4 Å². The second kappa shape index (κ2) is 12.0. The predicted molar refractivity (Wildman–Crippen MR) is 110 cm³/mol. The predicted octanol–water partition coefficient (Wildman–Crippen LogP) is 4.20. The van der Waals surface area contributed by atoms with Crippen LogP contribution in [0.25, 0.3) is 11.1 Å². The molecule has 0 amide bonds. The third-order valence-electron chi connectivity index (χ3n) is 4.21. The molecule has 2 aromatic carbocycles. The Morgan fingerprint density at radius 3 is 2.41 bits per heavy atom. The minimum atomic E-state index is -0.438. The maximum atomic E-state index is 14.4. The number of methoxy groups -OCH3 is 2. The lowest BCUT2D eigenvalue weighted by Crippen LogP contribution is -2.12. The van der Waals surface area contributed by atoms with Gasteiger partial charge < -0.3 is 18.9 Å². The highest BCUT2D eigenvalue weighted by molar-refractivity contribution is 5.87. The van der Waals surface area contributed by atoms with Crippen LogP contribution in [-0.4, -0.2) is 46.6 Å². The molecule has 0 unspecified atom stereocenters. The van der Waals surface area contributed by atoms with E-state index in [-0.39, 0.29) is 12.4 Å². The molecule has 2 rings (SSSR count). The zero-order valence-electron chi connectivity index (χ0n) is 16.9. The summed E-state index contributed by atoms with van der Waals surface area (Å²) in [6.07, 6.45) is 1.44. The van der Waals surface area contributed by atoms with Crippen molar-refractivity contribution in [2.45, 2.75) is 12.8 Å². The van der Waals surface area contributed by atoms with Crippen LogP contribution < -0.4 is 4.74 Å². The molecule has 0 spiro atoms. The number of rotatable bonds is 12. The Morgan fingerprint density at radius 1 is 1.00 bits per heavy atom. The Labute approximate surface area is 171 Å². The SMILES string of the molecule is C=C(COC)C(=O)OCCCc1ccc(-c2ccc(OCCOC)cc2F)cc1. The fourth-order valence-electron chi connectivity index (χ4n) is 2.69. The Kier molecular flexibility index (Phi) is 9.34. The average molecular weight is 402 g/mol. The molecule has 0 atom stereocenters. The van der Waals surface area contributed by atoms with Crippen LogP contribution in [0.2, 0.25) is 0 Å². The number of ether oxygens (including phenoxy) is 4. The molecule has 156 valence electrons. The van der Waals surface area contributed by atoms with Gasteiger partial charge in [0.05, 0.1) is 25.4 Å². The molecule has 0 aliphatic carbocycles. The van der Waals surface area contributed by atoms with Crippen LogP contribution >= 0.6 is 0 Å². The van der Waals surface area contributed by atoms with Gasteiger partial charge in [0.25, 0.3) is 0 Å². The number of carbonyl (C=O) groups is 1. The van der Waals surface area contributed by atoms with Gasteiger partial charge in [-0.1, -0.05) is 30.8 Å². The number of aryl methyl sites for hydroxylation is 1. The first-order valence-electron chi connectivity index (χ1n) is 9.39. The Hall–Kier alpha value is -2.70. The molecule has 0 heterocycles. The maximum absolute atomic E-state index is 14.4. The van der Waals surface area contributed by atoms with Crippen molar-refractivity contribution in [1.82, 2.24) is 0 Å². The molecule has 0 fully saturated rings. The molecule has 0 aromatic heterocycles. The van der Waals surface area contributed by atoms with E-state index >= 15 is 0 Å². The van der Waals surface area contributed by atoms with Gasteiger partial charge >= 0.3 is 5.97 Å². The van der Waals surface area contributed by atoms with Gasteiger partial charge in [-0.15, -0.1) is 0 Å². The zero-order valence-corrected chi connectivity index (χ0v) is 16.9. The van der Waals surface area contributed by atoms with Gasteiger partial charge in [-0.2, -0.15) is 0 Å². The molecule has 29 heavy (non-hydrogen) atoms. The number of hydrogen-bond donors (Lipinski definition) is 0. The van der Waals surface area contributed by atoms with E-state index in [1.54, 1.807) is 19.2 Å². The van der Waals surface area contributed by atoms with E-state index in [1.165, 1.54) is 13.2 Å². The minimum absolute atomic E-state index is 0.164. The Bertz CT molecular complexity index is 801. The molecule has 0 N–H and O–H groups in total. The number of halogens is 1. The summed E-state index contributed by atoms with van der Waals surface area (Å²) in [4.78, 5) is 11.6. The molecular weight excluding hydrogens is 375 g/mol. The fourth-order valence-corrected chi connectivity index (χ4v) is 2.69. The molecule has 0 saturated heterocycles. The van der Waals surface area contributed by atoms with Crippen molar-refractivity contribution in [2.75, 3.05) is 40.6 Å². The quantitative estimate of drug-likeness (QED) is 0.303. The lowest BCUT2D eigenvalue weighted by molar-refractivity contribution is -0.139. The number of carbonyl (C=O) groups excluding carboxylic acids is 1. The highest BCUT2D eigenvalue weighted by Crippen LogP contribution is 2.26. The summed E-state index contributed by atoms with van der Waals surface area (Å²) in [5.41, 5.74) is 2.69. The molecule has 0 bridgehead atoms. The van der Waals surface area contributed by atoms with E-state index in [2.05, 4.69) is 6.58 Å². The van der Waals surface area contributed by atoms with Crippen molar-refractivity contribution in [3.8, 4) is 16.9 Å². The second-order valence-electron chi connectivity index (χ2n) is 6.46. The topological polar surface area (TPSA) is 54.0 Å². The normalized spacial score (nSPS) is 10.6. The number of hydrogen-bond acceptors (Lipinski definition) is 5. The molecule has 0 aliphatic heterocycles. The maximum Gasteiger partial charge on any atom is 0.335 e. The van der Waals surface area contributed by atoms with E-state index in [1.807, 2.05) is 24.3 Å². The molecule has 0 saturated carbocycles. The summed E-state index contributed by atoms with van der Waals surface area (Å²) in [5, 5.41) is 0. The van der Waals surface area contributed by atoms with Crippen molar-refractivity contribution in [3.05, 3.63) is 66.0 Å². The average Bonchev–Trinajstić information content (AvgIpc) is 2.72. The zero-order chi connectivity index (χ0) is 21.1. The van der Waals surface area contributed by atoms with Gasteiger partial charge in [0, 0.05) is 25.8 Å². The first kappa shape index (κ1) is 22.6. The van der Waals surface area contributed by atoms with Crippen LogP contribution in [0.3, 0.4) is 0 Å². The van der Waals surface area contributed by atoms with E-state index in [0.29, 0.717) is 43.1 Å². The molecular formula is C23H27FO5.